The van der Waals surface area contributed by atoms with Crippen molar-refractivity contribution in [2.75, 3.05) is 26.2 Å². The van der Waals surface area contributed by atoms with E-state index in [9.17, 15) is 13.2 Å². The van der Waals surface area contributed by atoms with Gasteiger partial charge in [0.05, 0.1) is 17.8 Å². The van der Waals surface area contributed by atoms with Crippen LogP contribution in [0.15, 0.2) is 24.3 Å². The summed E-state index contributed by atoms with van der Waals surface area (Å²) in [7, 11) is 0. The summed E-state index contributed by atoms with van der Waals surface area (Å²) in [6.45, 7) is 8.17. The van der Waals surface area contributed by atoms with E-state index in [0.29, 0.717) is 18.2 Å². The van der Waals surface area contributed by atoms with Crippen molar-refractivity contribution >= 4 is 0 Å². The molecular formula is C19H27F3N2O. The largest absolute Gasteiger partial charge is 0.416 e. The second-order valence-electron chi connectivity index (χ2n) is 7.37. The predicted molar refractivity (Wildman–Crippen MR) is 91.3 cm³/mol. The van der Waals surface area contributed by atoms with E-state index in [1.54, 1.807) is 12.1 Å². The van der Waals surface area contributed by atoms with Crippen molar-refractivity contribution in [2.24, 2.45) is 0 Å². The Labute approximate surface area is 147 Å². The van der Waals surface area contributed by atoms with Crippen LogP contribution in [0, 0.1) is 0 Å². The summed E-state index contributed by atoms with van der Waals surface area (Å²) in [6, 6.07) is 6.44. The zero-order valence-corrected chi connectivity index (χ0v) is 14.9. The van der Waals surface area contributed by atoms with Crippen molar-refractivity contribution in [1.29, 1.82) is 0 Å². The Kier molecular flexibility index (Phi) is 5.71. The number of hydrogen-bond acceptors (Lipinski definition) is 3. The van der Waals surface area contributed by atoms with Gasteiger partial charge in [-0.3, -0.25) is 9.80 Å². The molecule has 140 valence electrons. The molecule has 0 spiro atoms. The molecule has 3 nitrogen and oxygen atoms in total. The van der Waals surface area contributed by atoms with E-state index in [0.717, 1.165) is 39.0 Å². The molecule has 2 saturated heterocycles. The van der Waals surface area contributed by atoms with Crippen LogP contribution in [0.5, 0.6) is 0 Å². The van der Waals surface area contributed by atoms with Crippen molar-refractivity contribution in [3.8, 4) is 0 Å². The van der Waals surface area contributed by atoms with Gasteiger partial charge in [-0.2, -0.15) is 13.2 Å². The van der Waals surface area contributed by atoms with E-state index in [1.165, 1.54) is 12.1 Å². The molecule has 1 aromatic carbocycles. The number of rotatable bonds is 3. The first-order valence-electron chi connectivity index (χ1n) is 9.10. The fourth-order valence-electron chi connectivity index (χ4n) is 4.13. The number of halogens is 3. The normalized spacial score (nSPS) is 27.6. The van der Waals surface area contributed by atoms with Gasteiger partial charge < -0.3 is 4.74 Å². The highest BCUT2D eigenvalue weighted by molar-refractivity contribution is 5.29. The molecule has 25 heavy (non-hydrogen) atoms. The first kappa shape index (κ1) is 18.7. The summed E-state index contributed by atoms with van der Waals surface area (Å²) in [5, 5.41) is 0. The highest BCUT2D eigenvalue weighted by Crippen LogP contribution is 2.33. The zero-order chi connectivity index (χ0) is 18.0. The lowest BCUT2D eigenvalue weighted by Gasteiger charge is -2.43. The van der Waals surface area contributed by atoms with Crippen LogP contribution in [-0.4, -0.2) is 54.2 Å². The summed E-state index contributed by atoms with van der Waals surface area (Å²) < 4.78 is 45.2. The Hall–Kier alpha value is -1.11. The van der Waals surface area contributed by atoms with Gasteiger partial charge in [0.15, 0.2) is 0 Å². The van der Waals surface area contributed by atoms with E-state index in [1.807, 2.05) is 0 Å². The van der Waals surface area contributed by atoms with Crippen molar-refractivity contribution in [2.45, 2.75) is 57.7 Å². The van der Waals surface area contributed by atoms with Crippen LogP contribution < -0.4 is 0 Å². The topological polar surface area (TPSA) is 15.7 Å². The minimum Gasteiger partial charge on any atom is -0.373 e. The molecule has 0 bridgehead atoms. The highest BCUT2D eigenvalue weighted by atomic mass is 19.4. The minimum atomic E-state index is -4.28. The van der Waals surface area contributed by atoms with Gasteiger partial charge >= 0.3 is 6.18 Å². The van der Waals surface area contributed by atoms with E-state index in [2.05, 4.69) is 23.6 Å². The number of piperidine rings is 1. The number of morpholine rings is 1. The Balaban J connectivity index is 1.57. The first-order chi connectivity index (χ1) is 11.8. The van der Waals surface area contributed by atoms with Gasteiger partial charge in [0.1, 0.15) is 0 Å². The molecule has 2 fully saturated rings. The summed E-state index contributed by atoms with van der Waals surface area (Å²) in [6.07, 6.45) is -1.77. The predicted octanol–water partition coefficient (Wildman–Crippen LogP) is 3.78. The van der Waals surface area contributed by atoms with Crippen LogP contribution in [0.1, 0.15) is 37.8 Å². The van der Waals surface area contributed by atoms with Gasteiger partial charge in [-0.25, -0.2) is 0 Å². The lowest BCUT2D eigenvalue weighted by molar-refractivity contribution is -0.138. The van der Waals surface area contributed by atoms with Gasteiger partial charge in [-0.1, -0.05) is 18.2 Å². The summed E-state index contributed by atoms with van der Waals surface area (Å²) in [4.78, 5) is 4.65. The smallest absolute Gasteiger partial charge is 0.373 e. The van der Waals surface area contributed by atoms with Crippen molar-refractivity contribution < 1.29 is 17.9 Å². The SMILES string of the molecule is C[C@H]1CN(C2CCN(Cc3ccccc3C(F)(F)F)CC2)C[C@H](C)O1. The molecule has 3 rings (SSSR count). The van der Waals surface area contributed by atoms with Gasteiger partial charge in [0.25, 0.3) is 0 Å². The monoisotopic (exact) mass is 356 g/mol. The maximum Gasteiger partial charge on any atom is 0.416 e. The number of ether oxygens (including phenoxy) is 1. The highest BCUT2D eigenvalue weighted by Gasteiger charge is 2.34. The molecule has 2 heterocycles. The summed E-state index contributed by atoms with van der Waals surface area (Å²) in [5.41, 5.74) is -0.130. The summed E-state index contributed by atoms with van der Waals surface area (Å²) in [5.74, 6) is 0. The standard InChI is InChI=1S/C19H27F3N2O/c1-14-11-24(12-15(2)25-14)17-7-9-23(10-8-17)13-16-5-3-4-6-18(16)19(20,21)22/h3-6,14-15,17H,7-13H2,1-2H3/t14-,15-/m0/s1. The van der Waals surface area contributed by atoms with Crippen molar-refractivity contribution in [3.63, 3.8) is 0 Å². The van der Waals surface area contributed by atoms with Crippen LogP contribution in [0.4, 0.5) is 13.2 Å². The number of hydrogen-bond donors (Lipinski definition) is 0. The second kappa shape index (κ2) is 7.64. The molecular weight excluding hydrogens is 329 g/mol. The summed E-state index contributed by atoms with van der Waals surface area (Å²) >= 11 is 0. The number of benzene rings is 1. The third kappa shape index (κ3) is 4.74. The molecule has 0 unspecified atom stereocenters. The molecule has 0 amide bonds. The van der Waals surface area contributed by atoms with Crippen LogP contribution in [0.25, 0.3) is 0 Å². The third-order valence-corrected chi connectivity index (χ3v) is 5.24. The maximum atomic E-state index is 13.1. The van der Waals surface area contributed by atoms with Gasteiger partial charge in [0.2, 0.25) is 0 Å². The molecule has 6 heteroatoms. The number of likely N-dealkylation sites (tertiary alicyclic amines) is 1. The lowest BCUT2D eigenvalue weighted by Crippen LogP contribution is -2.53. The van der Waals surface area contributed by atoms with E-state index in [4.69, 9.17) is 4.74 Å². The molecule has 0 aliphatic carbocycles. The fraction of sp³-hybridized carbons (Fsp3) is 0.684. The van der Waals surface area contributed by atoms with Gasteiger partial charge in [-0.15, -0.1) is 0 Å². The van der Waals surface area contributed by atoms with E-state index >= 15 is 0 Å². The molecule has 2 aliphatic rings. The quantitative estimate of drug-likeness (QED) is 0.820. The molecule has 0 aromatic heterocycles. The van der Waals surface area contributed by atoms with Crippen molar-refractivity contribution in [1.82, 2.24) is 9.80 Å². The lowest BCUT2D eigenvalue weighted by atomic mass is 9.99. The fourth-order valence-corrected chi connectivity index (χ4v) is 4.13. The zero-order valence-electron chi connectivity index (χ0n) is 14.9. The van der Waals surface area contributed by atoms with Crippen LogP contribution in [0.2, 0.25) is 0 Å². The molecule has 0 N–H and O–H groups in total. The Morgan fingerprint density at radius 2 is 1.64 bits per heavy atom. The Morgan fingerprint density at radius 3 is 2.24 bits per heavy atom. The molecule has 0 radical (unpaired) electrons. The molecule has 1 aromatic rings. The minimum absolute atomic E-state index is 0.250. The molecule has 2 atom stereocenters. The molecule has 2 aliphatic heterocycles. The average molecular weight is 356 g/mol. The second-order valence-corrected chi connectivity index (χ2v) is 7.37. The van der Waals surface area contributed by atoms with Crippen molar-refractivity contribution in [3.05, 3.63) is 35.4 Å². The van der Waals surface area contributed by atoms with E-state index in [-0.39, 0.29) is 12.2 Å². The first-order valence-corrected chi connectivity index (χ1v) is 9.10. The van der Waals surface area contributed by atoms with Crippen LogP contribution >= 0.6 is 0 Å². The Bertz CT molecular complexity index is 560. The third-order valence-electron chi connectivity index (χ3n) is 5.24. The van der Waals surface area contributed by atoms with Crippen LogP contribution in [0.3, 0.4) is 0 Å². The average Bonchev–Trinajstić information content (AvgIpc) is 2.54. The Morgan fingerprint density at radius 1 is 1.04 bits per heavy atom. The molecule has 0 saturated carbocycles. The number of alkyl halides is 3. The van der Waals surface area contributed by atoms with E-state index < -0.39 is 11.7 Å². The van der Waals surface area contributed by atoms with Gasteiger partial charge in [-0.05, 0) is 51.4 Å². The number of nitrogens with zero attached hydrogens (tertiary/aromatic N) is 2. The van der Waals surface area contributed by atoms with Crippen LogP contribution in [-0.2, 0) is 17.5 Å². The maximum absolute atomic E-state index is 13.1. The van der Waals surface area contributed by atoms with Gasteiger partial charge in [0, 0.05) is 25.7 Å².